The van der Waals surface area contributed by atoms with Crippen LogP contribution in [0.1, 0.15) is 42.4 Å². The van der Waals surface area contributed by atoms with Crippen LogP contribution in [0.3, 0.4) is 0 Å². The highest BCUT2D eigenvalue weighted by Crippen LogP contribution is 2.44. The Labute approximate surface area is 227 Å². The molecule has 4 aromatic rings. The van der Waals surface area contributed by atoms with Crippen molar-refractivity contribution in [2.24, 2.45) is 0 Å². The van der Waals surface area contributed by atoms with Crippen LogP contribution in [0, 0.1) is 0 Å². The molecule has 0 spiro atoms. The number of nitrogens with zero attached hydrogens (tertiary/aromatic N) is 4. The van der Waals surface area contributed by atoms with E-state index in [2.05, 4.69) is 16.8 Å². The molecule has 39 heavy (non-hydrogen) atoms. The molecule has 0 aliphatic carbocycles. The third-order valence-electron chi connectivity index (χ3n) is 7.81. The zero-order valence-electron chi connectivity index (χ0n) is 22.4. The van der Waals surface area contributed by atoms with Crippen LogP contribution in [0.4, 0.5) is 5.82 Å². The average molecular weight is 546 g/mol. The number of H-pyrrole nitrogens is 1. The quantitative estimate of drug-likeness (QED) is 0.411. The van der Waals surface area contributed by atoms with Crippen LogP contribution in [-0.4, -0.2) is 66.2 Å². The Balaban J connectivity index is 1.47. The molecule has 0 radical (unpaired) electrons. The summed E-state index contributed by atoms with van der Waals surface area (Å²) in [5.74, 6) is 1.26. The Bertz CT molecular complexity index is 1690. The minimum Gasteiger partial charge on any atom is -0.377 e. The molecule has 0 saturated carbocycles. The van der Waals surface area contributed by atoms with Crippen molar-refractivity contribution in [2.75, 3.05) is 30.9 Å². The van der Waals surface area contributed by atoms with Gasteiger partial charge in [-0.05, 0) is 57.2 Å². The van der Waals surface area contributed by atoms with E-state index in [0.717, 1.165) is 39.8 Å². The number of anilines is 1. The molecule has 1 atom stereocenters. The Morgan fingerprint density at radius 1 is 1.10 bits per heavy atom. The van der Waals surface area contributed by atoms with E-state index in [1.807, 2.05) is 44.3 Å². The second kappa shape index (κ2) is 9.17. The molecule has 9 nitrogen and oxygen atoms in total. The number of amides is 1. The van der Waals surface area contributed by atoms with Gasteiger partial charge in [-0.2, -0.15) is 0 Å². The number of benzene rings is 2. The molecular weight excluding hydrogens is 514 g/mol. The van der Waals surface area contributed by atoms with Gasteiger partial charge in [0.25, 0.3) is 5.91 Å². The van der Waals surface area contributed by atoms with E-state index in [-0.39, 0.29) is 16.8 Å². The predicted molar refractivity (Wildman–Crippen MR) is 149 cm³/mol. The minimum absolute atomic E-state index is 0.116. The molecule has 1 unspecified atom stereocenters. The fourth-order valence-corrected chi connectivity index (χ4v) is 6.24. The molecule has 0 bridgehead atoms. The summed E-state index contributed by atoms with van der Waals surface area (Å²) in [6.07, 6.45) is 3.06. The van der Waals surface area contributed by atoms with E-state index in [1.165, 1.54) is 12.1 Å². The van der Waals surface area contributed by atoms with E-state index >= 15 is 0 Å². The maximum Gasteiger partial charge on any atom is 0.254 e. The number of hydrogen-bond donors (Lipinski definition) is 1. The standard InChI is InChI=1S/C29H31N5O4S/c1-18-17-38-15-14-33(18)27-23-16-34(28(35)19-8-10-20(11-9-19)39(4,36)37)29(2,3)25(23)31-26(32-27)22-6-5-7-24-21(22)12-13-30-24/h5-13,18,30H,14-17H2,1-4H3. The summed E-state index contributed by atoms with van der Waals surface area (Å²) in [5.41, 5.74) is 3.38. The first-order chi connectivity index (χ1) is 18.6. The Morgan fingerprint density at radius 2 is 1.87 bits per heavy atom. The van der Waals surface area contributed by atoms with Gasteiger partial charge in [0, 0.05) is 46.6 Å². The molecule has 1 fully saturated rings. The number of sulfone groups is 1. The van der Waals surface area contributed by atoms with E-state index < -0.39 is 15.4 Å². The average Bonchev–Trinajstić information content (AvgIpc) is 3.50. The molecule has 6 rings (SSSR count). The van der Waals surface area contributed by atoms with Gasteiger partial charge in [0.1, 0.15) is 5.82 Å². The van der Waals surface area contributed by atoms with Gasteiger partial charge in [0.2, 0.25) is 0 Å². The van der Waals surface area contributed by atoms with Gasteiger partial charge < -0.3 is 19.5 Å². The van der Waals surface area contributed by atoms with Crippen LogP contribution in [0.5, 0.6) is 0 Å². The van der Waals surface area contributed by atoms with Gasteiger partial charge in [-0.1, -0.05) is 12.1 Å². The van der Waals surface area contributed by atoms with Crippen molar-refractivity contribution in [1.29, 1.82) is 0 Å². The zero-order valence-corrected chi connectivity index (χ0v) is 23.2. The normalized spacial score (nSPS) is 18.9. The summed E-state index contributed by atoms with van der Waals surface area (Å²) >= 11 is 0. The van der Waals surface area contributed by atoms with Crippen LogP contribution in [0.25, 0.3) is 22.3 Å². The van der Waals surface area contributed by atoms with Gasteiger partial charge in [-0.3, -0.25) is 4.79 Å². The highest BCUT2D eigenvalue weighted by molar-refractivity contribution is 7.90. The summed E-state index contributed by atoms with van der Waals surface area (Å²) < 4.78 is 29.6. The van der Waals surface area contributed by atoms with Crippen molar-refractivity contribution in [2.45, 2.75) is 43.8 Å². The van der Waals surface area contributed by atoms with Gasteiger partial charge in [0.05, 0.1) is 41.9 Å². The van der Waals surface area contributed by atoms with Crippen LogP contribution in [-0.2, 0) is 26.7 Å². The molecule has 2 aliphatic rings. The number of aromatic amines is 1. The largest absolute Gasteiger partial charge is 0.377 e. The van der Waals surface area contributed by atoms with Crippen molar-refractivity contribution < 1.29 is 17.9 Å². The SMILES string of the molecule is CC1COCCN1c1nc(-c2cccc3[nH]ccc23)nc2c1CN(C(=O)c1ccc(S(C)(=O)=O)cc1)C2(C)C. The Kier molecular flexibility index (Phi) is 6.00. The number of carbonyl (C=O) groups excluding carboxylic acids is 1. The topological polar surface area (TPSA) is 108 Å². The molecule has 1 saturated heterocycles. The number of fused-ring (bicyclic) bond motifs is 2. The summed E-state index contributed by atoms with van der Waals surface area (Å²) in [7, 11) is -3.36. The number of carbonyl (C=O) groups is 1. The first-order valence-electron chi connectivity index (χ1n) is 13.0. The minimum atomic E-state index is -3.36. The lowest BCUT2D eigenvalue weighted by molar-refractivity contribution is 0.0570. The number of ether oxygens (including phenoxy) is 1. The number of morpholine rings is 1. The second-order valence-electron chi connectivity index (χ2n) is 10.8. The van der Waals surface area contributed by atoms with Crippen LogP contribution < -0.4 is 4.90 Å². The van der Waals surface area contributed by atoms with Crippen LogP contribution in [0.2, 0.25) is 0 Å². The maximum absolute atomic E-state index is 13.8. The first-order valence-corrected chi connectivity index (χ1v) is 14.9. The summed E-state index contributed by atoms with van der Waals surface area (Å²) in [5, 5.41) is 1.04. The third kappa shape index (κ3) is 4.28. The molecule has 4 heterocycles. The number of nitrogens with one attached hydrogen (secondary N) is 1. The third-order valence-corrected chi connectivity index (χ3v) is 8.93. The maximum atomic E-state index is 13.8. The summed E-state index contributed by atoms with van der Waals surface area (Å²) in [4.78, 5) is 31.6. The van der Waals surface area contributed by atoms with Gasteiger partial charge >= 0.3 is 0 Å². The van der Waals surface area contributed by atoms with Crippen molar-refractivity contribution in [1.82, 2.24) is 19.9 Å². The van der Waals surface area contributed by atoms with Crippen molar-refractivity contribution in [3.8, 4) is 11.4 Å². The molecule has 202 valence electrons. The lowest BCUT2D eigenvalue weighted by Crippen LogP contribution is -2.44. The number of hydrogen-bond acceptors (Lipinski definition) is 7. The van der Waals surface area contributed by atoms with Gasteiger partial charge in [-0.15, -0.1) is 0 Å². The Hall–Kier alpha value is -3.76. The van der Waals surface area contributed by atoms with Crippen molar-refractivity contribution >= 4 is 32.5 Å². The Morgan fingerprint density at radius 3 is 2.59 bits per heavy atom. The lowest BCUT2D eigenvalue weighted by atomic mass is 9.98. The number of rotatable bonds is 4. The first kappa shape index (κ1) is 25.5. The molecule has 1 amide bonds. The molecule has 2 aliphatic heterocycles. The van der Waals surface area contributed by atoms with E-state index in [0.29, 0.717) is 37.7 Å². The van der Waals surface area contributed by atoms with Crippen molar-refractivity contribution in [3.63, 3.8) is 0 Å². The fraction of sp³-hybridized carbons (Fsp3) is 0.345. The van der Waals surface area contributed by atoms with Crippen molar-refractivity contribution in [3.05, 3.63) is 71.5 Å². The number of aromatic nitrogens is 3. The van der Waals surface area contributed by atoms with Crippen LogP contribution in [0.15, 0.2) is 59.6 Å². The summed E-state index contributed by atoms with van der Waals surface area (Å²) in [6.45, 7) is 8.36. The summed E-state index contributed by atoms with van der Waals surface area (Å²) in [6, 6.07) is 14.3. The molecule has 1 N–H and O–H groups in total. The fourth-order valence-electron chi connectivity index (χ4n) is 5.61. The molecule has 2 aromatic carbocycles. The monoisotopic (exact) mass is 545 g/mol. The smallest absolute Gasteiger partial charge is 0.254 e. The second-order valence-corrected chi connectivity index (χ2v) is 12.8. The highest BCUT2D eigenvalue weighted by atomic mass is 32.2. The molecule has 10 heteroatoms. The van der Waals surface area contributed by atoms with Gasteiger partial charge in [-0.25, -0.2) is 18.4 Å². The van der Waals surface area contributed by atoms with Gasteiger partial charge in [0.15, 0.2) is 15.7 Å². The zero-order chi connectivity index (χ0) is 27.5. The van der Waals surface area contributed by atoms with E-state index in [4.69, 9.17) is 14.7 Å². The van der Waals surface area contributed by atoms with E-state index in [9.17, 15) is 13.2 Å². The highest BCUT2D eigenvalue weighted by Gasteiger charge is 2.45. The lowest BCUT2D eigenvalue weighted by Gasteiger charge is -2.35. The predicted octanol–water partition coefficient (Wildman–Crippen LogP) is 4.14. The van der Waals surface area contributed by atoms with Crippen LogP contribution >= 0.6 is 0 Å². The molecule has 2 aromatic heterocycles. The molecular formula is C29H31N5O4S. The van der Waals surface area contributed by atoms with E-state index in [1.54, 1.807) is 17.0 Å².